The molecule has 0 saturated carbocycles. The summed E-state index contributed by atoms with van der Waals surface area (Å²) in [6.45, 7) is 9.97. The Hall–Kier alpha value is -2.15. The molecule has 2 amide bonds. The number of nitrogens with zero attached hydrogens (tertiary/aromatic N) is 2. The molecule has 1 unspecified atom stereocenters. The Morgan fingerprint density at radius 1 is 1.32 bits per heavy atom. The van der Waals surface area contributed by atoms with Gasteiger partial charge in [-0.15, -0.1) is 5.10 Å². The number of hydrogen-bond donors (Lipinski definition) is 2. The third-order valence-electron chi connectivity index (χ3n) is 3.94. The van der Waals surface area contributed by atoms with E-state index in [1.165, 1.54) is 11.8 Å². The Balaban J connectivity index is 1.97. The number of amidine groups is 1. The SMILES string of the molecule is C/C(=N/N=C1\NC(=O)C(CC(=O)Nc2ccccc2C)S1)C(C)(C)C. The minimum absolute atomic E-state index is 0.0792. The molecule has 2 rings (SSSR count). The number of anilines is 1. The first-order valence-corrected chi connectivity index (χ1v) is 9.00. The van der Waals surface area contributed by atoms with E-state index in [-0.39, 0.29) is 23.7 Å². The predicted octanol–water partition coefficient (Wildman–Crippen LogP) is 3.33. The molecule has 1 aromatic carbocycles. The predicted molar refractivity (Wildman–Crippen MR) is 104 cm³/mol. The van der Waals surface area contributed by atoms with Crippen molar-refractivity contribution < 1.29 is 9.59 Å². The minimum Gasteiger partial charge on any atom is -0.326 e. The number of amides is 2. The summed E-state index contributed by atoms with van der Waals surface area (Å²) in [6.07, 6.45) is 0.0891. The lowest BCUT2D eigenvalue weighted by Gasteiger charge is -2.16. The Bertz CT molecular complexity index is 735. The first-order chi connectivity index (χ1) is 11.7. The molecule has 0 radical (unpaired) electrons. The molecule has 0 spiro atoms. The molecule has 1 saturated heterocycles. The lowest BCUT2D eigenvalue weighted by atomic mass is 9.91. The summed E-state index contributed by atoms with van der Waals surface area (Å²) in [5.74, 6) is -0.412. The van der Waals surface area contributed by atoms with Crippen LogP contribution in [0.15, 0.2) is 34.5 Å². The van der Waals surface area contributed by atoms with Crippen LogP contribution >= 0.6 is 11.8 Å². The van der Waals surface area contributed by atoms with E-state index >= 15 is 0 Å². The summed E-state index contributed by atoms with van der Waals surface area (Å²) in [7, 11) is 0. The fourth-order valence-electron chi connectivity index (χ4n) is 1.94. The Morgan fingerprint density at radius 2 is 2.00 bits per heavy atom. The van der Waals surface area contributed by atoms with Crippen LogP contribution in [0.2, 0.25) is 0 Å². The lowest BCUT2D eigenvalue weighted by Crippen LogP contribution is -2.28. The van der Waals surface area contributed by atoms with Crippen LogP contribution in [0.25, 0.3) is 0 Å². The first-order valence-electron chi connectivity index (χ1n) is 8.12. The molecule has 25 heavy (non-hydrogen) atoms. The molecule has 1 heterocycles. The summed E-state index contributed by atoms with van der Waals surface area (Å²) in [5, 5.41) is 13.7. The van der Waals surface area contributed by atoms with Crippen LogP contribution in [0.3, 0.4) is 0 Å². The van der Waals surface area contributed by atoms with Gasteiger partial charge in [-0.2, -0.15) is 5.10 Å². The minimum atomic E-state index is -0.493. The molecule has 1 aliphatic heterocycles. The molecule has 0 bridgehead atoms. The summed E-state index contributed by atoms with van der Waals surface area (Å²) in [5.41, 5.74) is 2.53. The number of carbonyl (C=O) groups excluding carboxylic acids is 2. The number of rotatable bonds is 4. The van der Waals surface area contributed by atoms with Crippen molar-refractivity contribution in [2.45, 2.75) is 46.3 Å². The Labute approximate surface area is 152 Å². The topological polar surface area (TPSA) is 82.9 Å². The number of aryl methyl sites for hydroxylation is 1. The van der Waals surface area contributed by atoms with Gasteiger partial charge < -0.3 is 10.6 Å². The van der Waals surface area contributed by atoms with Gasteiger partial charge in [0.25, 0.3) is 0 Å². The van der Waals surface area contributed by atoms with Crippen molar-refractivity contribution in [1.29, 1.82) is 0 Å². The molecular weight excluding hydrogens is 336 g/mol. The van der Waals surface area contributed by atoms with Gasteiger partial charge in [0.15, 0.2) is 5.17 Å². The largest absolute Gasteiger partial charge is 0.326 e. The van der Waals surface area contributed by atoms with Gasteiger partial charge in [0.05, 0.1) is 0 Å². The van der Waals surface area contributed by atoms with E-state index in [2.05, 4.69) is 20.8 Å². The van der Waals surface area contributed by atoms with Crippen molar-refractivity contribution in [1.82, 2.24) is 5.32 Å². The van der Waals surface area contributed by atoms with Crippen molar-refractivity contribution in [2.75, 3.05) is 5.32 Å². The number of benzene rings is 1. The standard InChI is InChI=1S/C18H24N4O2S/c1-11-8-6-7-9-13(11)19-15(23)10-14-16(24)20-17(25-14)22-21-12(2)18(3,4)5/h6-9,14H,10H2,1-5H3,(H,19,23)(H,20,22,24)/b21-12-. The maximum atomic E-state index is 12.2. The highest BCUT2D eigenvalue weighted by molar-refractivity contribution is 8.15. The summed E-state index contributed by atoms with van der Waals surface area (Å²) < 4.78 is 0. The zero-order valence-corrected chi connectivity index (χ0v) is 16.0. The number of thioether (sulfide) groups is 1. The van der Waals surface area contributed by atoms with E-state index in [4.69, 9.17) is 0 Å². The molecule has 1 aliphatic rings. The number of nitrogens with one attached hydrogen (secondary N) is 2. The number of para-hydroxylation sites is 1. The van der Waals surface area contributed by atoms with Crippen molar-refractivity contribution in [3.8, 4) is 0 Å². The van der Waals surface area contributed by atoms with Crippen LogP contribution in [0.4, 0.5) is 5.69 Å². The van der Waals surface area contributed by atoms with Gasteiger partial charge >= 0.3 is 0 Å². The van der Waals surface area contributed by atoms with Crippen LogP contribution in [0.5, 0.6) is 0 Å². The average molecular weight is 360 g/mol. The maximum Gasteiger partial charge on any atom is 0.240 e. The quantitative estimate of drug-likeness (QED) is 0.638. The summed E-state index contributed by atoms with van der Waals surface area (Å²) >= 11 is 1.24. The van der Waals surface area contributed by atoms with Crippen LogP contribution in [0, 0.1) is 12.3 Å². The Kier molecular flexibility index (Phi) is 6.00. The van der Waals surface area contributed by atoms with Crippen LogP contribution in [-0.4, -0.2) is 27.9 Å². The summed E-state index contributed by atoms with van der Waals surface area (Å²) in [6, 6.07) is 7.53. The fraction of sp³-hybridized carbons (Fsp3) is 0.444. The van der Waals surface area contributed by atoms with E-state index in [0.717, 1.165) is 17.0 Å². The number of hydrogen-bond acceptors (Lipinski definition) is 5. The highest BCUT2D eigenvalue weighted by Gasteiger charge is 2.32. The fourth-order valence-corrected chi connectivity index (χ4v) is 2.86. The van der Waals surface area contributed by atoms with Crippen LogP contribution in [-0.2, 0) is 9.59 Å². The van der Waals surface area contributed by atoms with Crippen molar-refractivity contribution in [2.24, 2.45) is 15.6 Å². The van der Waals surface area contributed by atoms with Gasteiger partial charge in [-0.1, -0.05) is 50.7 Å². The van der Waals surface area contributed by atoms with E-state index in [1.54, 1.807) is 0 Å². The molecule has 1 fully saturated rings. The van der Waals surface area contributed by atoms with Crippen molar-refractivity contribution >= 4 is 40.1 Å². The highest BCUT2D eigenvalue weighted by Crippen LogP contribution is 2.24. The molecule has 2 N–H and O–H groups in total. The molecule has 1 atom stereocenters. The van der Waals surface area contributed by atoms with Crippen LogP contribution < -0.4 is 10.6 Å². The van der Waals surface area contributed by atoms with E-state index in [9.17, 15) is 9.59 Å². The monoisotopic (exact) mass is 360 g/mol. The average Bonchev–Trinajstić information content (AvgIpc) is 2.86. The Morgan fingerprint density at radius 3 is 2.64 bits per heavy atom. The van der Waals surface area contributed by atoms with Gasteiger partial charge in [0, 0.05) is 23.2 Å². The third kappa shape index (κ3) is 5.42. The van der Waals surface area contributed by atoms with E-state index in [1.807, 2.05) is 58.9 Å². The molecular formula is C18H24N4O2S. The molecule has 0 aromatic heterocycles. The molecule has 7 heteroatoms. The molecule has 6 nitrogen and oxygen atoms in total. The third-order valence-corrected chi connectivity index (χ3v) is 5.01. The normalized spacial score (nSPS) is 19.9. The lowest BCUT2D eigenvalue weighted by molar-refractivity contribution is -0.122. The second kappa shape index (κ2) is 7.82. The van der Waals surface area contributed by atoms with Crippen LogP contribution in [0.1, 0.15) is 39.7 Å². The molecule has 0 aliphatic carbocycles. The smallest absolute Gasteiger partial charge is 0.240 e. The number of carbonyl (C=O) groups is 2. The van der Waals surface area contributed by atoms with E-state index in [0.29, 0.717) is 5.17 Å². The van der Waals surface area contributed by atoms with Crippen molar-refractivity contribution in [3.63, 3.8) is 0 Å². The van der Waals surface area contributed by atoms with Crippen molar-refractivity contribution in [3.05, 3.63) is 29.8 Å². The molecule has 134 valence electrons. The second-order valence-corrected chi connectivity index (χ2v) is 8.19. The van der Waals surface area contributed by atoms with Gasteiger partial charge in [0.1, 0.15) is 5.25 Å². The summed E-state index contributed by atoms with van der Waals surface area (Å²) in [4.78, 5) is 24.2. The highest BCUT2D eigenvalue weighted by atomic mass is 32.2. The van der Waals surface area contributed by atoms with Gasteiger partial charge in [-0.3, -0.25) is 9.59 Å². The van der Waals surface area contributed by atoms with E-state index < -0.39 is 5.25 Å². The first kappa shape index (κ1) is 19.2. The zero-order valence-electron chi connectivity index (χ0n) is 15.2. The maximum absolute atomic E-state index is 12.2. The van der Waals surface area contributed by atoms with Gasteiger partial charge in [0.2, 0.25) is 11.8 Å². The zero-order chi connectivity index (χ0) is 18.6. The van der Waals surface area contributed by atoms with Gasteiger partial charge in [-0.05, 0) is 25.5 Å². The molecule has 1 aromatic rings. The second-order valence-electron chi connectivity index (χ2n) is 7.00. The van der Waals surface area contributed by atoms with Gasteiger partial charge in [-0.25, -0.2) is 0 Å².